The van der Waals surface area contributed by atoms with Gasteiger partial charge in [-0.15, -0.1) is 0 Å². The third kappa shape index (κ3) is 6.17. The summed E-state index contributed by atoms with van der Waals surface area (Å²) in [7, 11) is 0. The first-order valence-corrected chi connectivity index (χ1v) is 6.88. The van der Waals surface area contributed by atoms with Gasteiger partial charge in [0.15, 0.2) is 5.96 Å². The molecule has 0 aromatic carbocycles. The van der Waals surface area contributed by atoms with Crippen LogP contribution in [0.5, 0.6) is 0 Å². The first kappa shape index (κ1) is 15.9. The lowest BCUT2D eigenvalue weighted by Crippen LogP contribution is -2.44. The fraction of sp³-hybridized carbons (Fsp3) is 0.500. The fourth-order valence-corrected chi connectivity index (χ4v) is 1.68. The number of aromatic nitrogens is 1. The zero-order chi connectivity index (χ0) is 14.8. The Hall–Kier alpha value is -2.11. The molecule has 0 fully saturated rings. The predicted octanol–water partition coefficient (Wildman–Crippen LogP) is 1.69. The van der Waals surface area contributed by atoms with Crippen LogP contribution in [0.3, 0.4) is 0 Å². The highest BCUT2D eigenvalue weighted by Gasteiger charge is 2.03. The fourth-order valence-electron chi connectivity index (χ4n) is 1.68. The van der Waals surface area contributed by atoms with E-state index in [1.54, 1.807) is 6.20 Å². The maximum Gasteiger partial charge on any atom is 0.318 e. The Bertz CT molecular complexity index is 459. The van der Waals surface area contributed by atoms with Crippen molar-refractivity contribution in [2.75, 3.05) is 6.54 Å². The number of aliphatic imine (C=N–C) groups is 1. The molecule has 0 radical (unpaired) electrons. The number of nitrogens with zero attached hydrogens (tertiary/aromatic N) is 2. The largest absolute Gasteiger partial charge is 0.356 e. The van der Waals surface area contributed by atoms with E-state index in [1.807, 2.05) is 19.1 Å². The summed E-state index contributed by atoms with van der Waals surface area (Å²) in [4.78, 5) is 19.5. The Morgan fingerprint density at radius 2 is 2.25 bits per heavy atom. The molecule has 6 nitrogen and oxygen atoms in total. The smallest absolute Gasteiger partial charge is 0.318 e. The number of urea groups is 1. The number of carbonyl (C=O) groups is 1. The molecule has 0 aliphatic heterocycles. The van der Waals surface area contributed by atoms with Gasteiger partial charge in [0.25, 0.3) is 0 Å². The molecule has 20 heavy (non-hydrogen) atoms. The van der Waals surface area contributed by atoms with E-state index in [0.717, 1.165) is 37.1 Å². The number of unbranched alkanes of at least 4 members (excludes halogenated alkanes) is 2. The molecule has 6 heteroatoms. The third-order valence-electron chi connectivity index (χ3n) is 2.82. The molecule has 0 saturated carbocycles. The minimum absolute atomic E-state index is 0.402. The summed E-state index contributed by atoms with van der Waals surface area (Å²) >= 11 is 0. The van der Waals surface area contributed by atoms with Crippen molar-refractivity contribution in [2.24, 2.45) is 10.7 Å². The average Bonchev–Trinajstić information content (AvgIpc) is 2.41. The van der Waals surface area contributed by atoms with E-state index in [4.69, 9.17) is 5.73 Å². The van der Waals surface area contributed by atoms with Crippen LogP contribution in [-0.2, 0) is 6.54 Å². The van der Waals surface area contributed by atoms with Gasteiger partial charge < -0.3 is 11.1 Å². The van der Waals surface area contributed by atoms with E-state index >= 15 is 0 Å². The SMILES string of the molecule is CCCCCNC(=NCc1ncccc1C)NC(N)=O. The maximum absolute atomic E-state index is 11.0. The summed E-state index contributed by atoms with van der Waals surface area (Å²) in [5.74, 6) is 0.402. The van der Waals surface area contributed by atoms with Crippen molar-refractivity contribution in [3.05, 3.63) is 29.6 Å². The first-order chi connectivity index (χ1) is 9.63. The number of hydrogen-bond donors (Lipinski definition) is 3. The van der Waals surface area contributed by atoms with E-state index in [2.05, 4.69) is 27.5 Å². The van der Waals surface area contributed by atoms with Gasteiger partial charge in [0.05, 0.1) is 12.2 Å². The number of primary amides is 1. The van der Waals surface area contributed by atoms with Crippen LogP contribution in [0.25, 0.3) is 0 Å². The van der Waals surface area contributed by atoms with Crippen LogP contribution in [0.15, 0.2) is 23.3 Å². The van der Waals surface area contributed by atoms with Crippen LogP contribution >= 0.6 is 0 Å². The Morgan fingerprint density at radius 1 is 1.45 bits per heavy atom. The van der Waals surface area contributed by atoms with Crippen LogP contribution in [0.4, 0.5) is 4.79 Å². The summed E-state index contributed by atoms with van der Waals surface area (Å²) < 4.78 is 0. The molecule has 0 aliphatic carbocycles. The van der Waals surface area contributed by atoms with Crippen molar-refractivity contribution in [3.63, 3.8) is 0 Å². The lowest BCUT2D eigenvalue weighted by molar-refractivity contribution is 0.253. The highest BCUT2D eigenvalue weighted by Crippen LogP contribution is 2.04. The topological polar surface area (TPSA) is 92.4 Å². The zero-order valence-corrected chi connectivity index (χ0v) is 12.1. The molecule has 2 amide bonds. The van der Waals surface area contributed by atoms with Crippen LogP contribution in [0.1, 0.15) is 37.4 Å². The molecule has 1 rings (SSSR count). The summed E-state index contributed by atoms with van der Waals surface area (Å²) in [6, 6.07) is 3.24. The Balaban J connectivity index is 2.59. The third-order valence-corrected chi connectivity index (χ3v) is 2.82. The van der Waals surface area contributed by atoms with Gasteiger partial charge in [-0.25, -0.2) is 9.79 Å². The Labute approximate surface area is 119 Å². The van der Waals surface area contributed by atoms with Gasteiger partial charge in [-0.1, -0.05) is 25.8 Å². The number of rotatable bonds is 6. The van der Waals surface area contributed by atoms with Crippen molar-refractivity contribution in [2.45, 2.75) is 39.7 Å². The normalized spacial score (nSPS) is 11.2. The number of hydrogen-bond acceptors (Lipinski definition) is 3. The van der Waals surface area contributed by atoms with E-state index in [1.165, 1.54) is 0 Å². The number of amides is 2. The van der Waals surface area contributed by atoms with Gasteiger partial charge in [-0.05, 0) is 25.0 Å². The van der Waals surface area contributed by atoms with Gasteiger partial charge in [0.1, 0.15) is 0 Å². The van der Waals surface area contributed by atoms with Crippen molar-refractivity contribution in [1.29, 1.82) is 0 Å². The first-order valence-electron chi connectivity index (χ1n) is 6.88. The summed E-state index contributed by atoms with van der Waals surface area (Å²) in [5, 5.41) is 5.58. The van der Waals surface area contributed by atoms with Gasteiger partial charge in [-0.2, -0.15) is 0 Å². The molecule has 1 aromatic rings. The molecule has 0 saturated heterocycles. The quantitative estimate of drug-likeness (QED) is 0.420. The molecule has 1 heterocycles. The number of nitrogens with two attached hydrogens (primary N) is 1. The molecule has 110 valence electrons. The van der Waals surface area contributed by atoms with E-state index < -0.39 is 6.03 Å². The number of carbonyl (C=O) groups excluding carboxylic acids is 1. The van der Waals surface area contributed by atoms with Gasteiger partial charge in [0.2, 0.25) is 0 Å². The molecular formula is C14H23N5O. The predicted molar refractivity (Wildman–Crippen MR) is 80.4 cm³/mol. The number of pyridine rings is 1. The molecule has 0 aliphatic rings. The summed E-state index contributed by atoms with van der Waals surface area (Å²) in [6.45, 7) is 5.28. The molecule has 0 unspecified atom stereocenters. The maximum atomic E-state index is 11.0. The van der Waals surface area contributed by atoms with Crippen LogP contribution in [0, 0.1) is 6.92 Å². The van der Waals surface area contributed by atoms with Crippen molar-refractivity contribution >= 4 is 12.0 Å². The van der Waals surface area contributed by atoms with Crippen molar-refractivity contribution < 1.29 is 4.79 Å². The second-order valence-electron chi connectivity index (χ2n) is 4.55. The van der Waals surface area contributed by atoms with Crippen LogP contribution in [-0.4, -0.2) is 23.5 Å². The monoisotopic (exact) mass is 277 g/mol. The number of aryl methyl sites for hydroxylation is 1. The molecule has 4 N–H and O–H groups in total. The van der Waals surface area contributed by atoms with Gasteiger partial charge in [0, 0.05) is 12.7 Å². The van der Waals surface area contributed by atoms with Crippen molar-refractivity contribution in [3.8, 4) is 0 Å². The van der Waals surface area contributed by atoms with Gasteiger partial charge in [-0.3, -0.25) is 10.3 Å². The van der Waals surface area contributed by atoms with E-state index in [0.29, 0.717) is 12.5 Å². The second-order valence-corrected chi connectivity index (χ2v) is 4.55. The summed E-state index contributed by atoms with van der Waals surface area (Å²) in [6.07, 6.45) is 5.03. The highest BCUT2D eigenvalue weighted by atomic mass is 16.2. The number of nitrogens with one attached hydrogen (secondary N) is 2. The van der Waals surface area contributed by atoms with Crippen LogP contribution in [0.2, 0.25) is 0 Å². The number of guanidine groups is 1. The van der Waals surface area contributed by atoms with Crippen molar-refractivity contribution in [1.82, 2.24) is 15.6 Å². The zero-order valence-electron chi connectivity index (χ0n) is 12.1. The van der Waals surface area contributed by atoms with Gasteiger partial charge >= 0.3 is 6.03 Å². The summed E-state index contributed by atoms with van der Waals surface area (Å²) in [5.41, 5.74) is 7.09. The van der Waals surface area contributed by atoms with Crippen LogP contribution < -0.4 is 16.4 Å². The van der Waals surface area contributed by atoms with E-state index in [9.17, 15) is 4.79 Å². The molecule has 1 aromatic heterocycles. The molecule has 0 spiro atoms. The lowest BCUT2D eigenvalue weighted by Gasteiger charge is -2.10. The van der Waals surface area contributed by atoms with E-state index in [-0.39, 0.29) is 0 Å². The lowest BCUT2D eigenvalue weighted by atomic mass is 10.2. The highest BCUT2D eigenvalue weighted by molar-refractivity contribution is 5.95. The molecule has 0 atom stereocenters. The Kier molecular flexibility index (Phi) is 7.10. The second kappa shape index (κ2) is 8.90. The average molecular weight is 277 g/mol. The molecule has 0 bridgehead atoms. The molecular weight excluding hydrogens is 254 g/mol. The minimum Gasteiger partial charge on any atom is -0.356 e. The minimum atomic E-state index is -0.621. The standard InChI is InChI=1S/C14H23N5O/c1-3-4-5-8-17-14(19-13(15)20)18-10-12-11(2)7-6-9-16-12/h6-7,9H,3-5,8,10H2,1-2H3,(H4,15,17,18,19,20). The Morgan fingerprint density at radius 3 is 2.90 bits per heavy atom.